The SMILES string of the molecule is Clc1ccccc1CN1CCN(c2nc(NC3CCCCC3)c3ccccc3n2)CC1. The van der Waals surface area contributed by atoms with E-state index >= 15 is 0 Å². The maximum absolute atomic E-state index is 6.36. The molecule has 31 heavy (non-hydrogen) atoms. The molecule has 0 amide bonds. The predicted molar refractivity (Wildman–Crippen MR) is 129 cm³/mol. The first-order chi connectivity index (χ1) is 15.3. The Kier molecular flexibility index (Phi) is 6.23. The van der Waals surface area contributed by atoms with Crippen molar-refractivity contribution in [2.45, 2.75) is 44.7 Å². The number of nitrogens with zero attached hydrogens (tertiary/aromatic N) is 4. The van der Waals surface area contributed by atoms with E-state index in [4.69, 9.17) is 21.6 Å². The zero-order valence-electron chi connectivity index (χ0n) is 17.9. The smallest absolute Gasteiger partial charge is 0.227 e. The van der Waals surface area contributed by atoms with E-state index < -0.39 is 0 Å². The number of para-hydroxylation sites is 1. The minimum Gasteiger partial charge on any atom is -0.367 e. The summed E-state index contributed by atoms with van der Waals surface area (Å²) in [5, 5.41) is 5.72. The zero-order chi connectivity index (χ0) is 21.0. The number of hydrogen-bond acceptors (Lipinski definition) is 5. The zero-order valence-corrected chi connectivity index (χ0v) is 18.7. The summed E-state index contributed by atoms with van der Waals surface area (Å²) in [7, 11) is 0. The van der Waals surface area contributed by atoms with Crippen LogP contribution in [0.2, 0.25) is 5.02 Å². The summed E-state index contributed by atoms with van der Waals surface area (Å²) in [5.74, 6) is 1.83. The van der Waals surface area contributed by atoms with E-state index in [1.165, 1.54) is 37.7 Å². The molecular formula is C25H30ClN5. The van der Waals surface area contributed by atoms with E-state index in [0.717, 1.165) is 60.4 Å². The van der Waals surface area contributed by atoms with E-state index in [0.29, 0.717) is 6.04 Å². The first kappa shape index (κ1) is 20.5. The van der Waals surface area contributed by atoms with Crippen molar-refractivity contribution in [2.75, 3.05) is 36.4 Å². The Morgan fingerprint density at radius 1 is 0.871 bits per heavy atom. The van der Waals surface area contributed by atoms with Gasteiger partial charge in [0.05, 0.1) is 5.52 Å². The van der Waals surface area contributed by atoms with E-state index in [1.807, 2.05) is 12.1 Å². The lowest BCUT2D eigenvalue weighted by Gasteiger charge is -2.35. The average Bonchev–Trinajstić information content (AvgIpc) is 2.82. The highest BCUT2D eigenvalue weighted by Crippen LogP contribution is 2.28. The van der Waals surface area contributed by atoms with Crippen LogP contribution in [0.3, 0.4) is 0 Å². The van der Waals surface area contributed by atoms with E-state index in [2.05, 4.69) is 51.5 Å². The van der Waals surface area contributed by atoms with Crippen LogP contribution in [0.25, 0.3) is 10.9 Å². The molecule has 2 aromatic carbocycles. The Labute approximate surface area is 189 Å². The Morgan fingerprint density at radius 2 is 1.61 bits per heavy atom. The molecular weight excluding hydrogens is 406 g/mol. The minimum absolute atomic E-state index is 0.521. The van der Waals surface area contributed by atoms with Crippen molar-refractivity contribution >= 4 is 34.3 Å². The molecule has 0 radical (unpaired) electrons. The molecule has 162 valence electrons. The van der Waals surface area contributed by atoms with Crippen LogP contribution in [0.5, 0.6) is 0 Å². The third kappa shape index (κ3) is 4.78. The van der Waals surface area contributed by atoms with Gasteiger partial charge < -0.3 is 10.2 Å². The number of benzene rings is 2. The molecule has 0 bridgehead atoms. The molecule has 2 aliphatic rings. The van der Waals surface area contributed by atoms with Gasteiger partial charge in [0.15, 0.2) is 0 Å². The number of rotatable bonds is 5. The highest BCUT2D eigenvalue weighted by Gasteiger charge is 2.22. The van der Waals surface area contributed by atoms with Crippen molar-refractivity contribution in [3.05, 3.63) is 59.1 Å². The second-order valence-electron chi connectivity index (χ2n) is 8.72. The van der Waals surface area contributed by atoms with Gasteiger partial charge in [-0.25, -0.2) is 4.98 Å². The van der Waals surface area contributed by atoms with Crippen molar-refractivity contribution < 1.29 is 0 Å². The number of piperazine rings is 1. The van der Waals surface area contributed by atoms with Crippen molar-refractivity contribution in [1.82, 2.24) is 14.9 Å². The van der Waals surface area contributed by atoms with E-state index in [1.54, 1.807) is 0 Å². The highest BCUT2D eigenvalue weighted by atomic mass is 35.5. The second-order valence-corrected chi connectivity index (χ2v) is 9.13. The number of nitrogens with one attached hydrogen (secondary N) is 1. The molecule has 2 fully saturated rings. The minimum atomic E-state index is 0.521. The van der Waals surface area contributed by atoms with Gasteiger partial charge in [-0.1, -0.05) is 61.2 Å². The fourth-order valence-corrected chi connectivity index (χ4v) is 4.93. The number of anilines is 2. The van der Waals surface area contributed by atoms with E-state index in [-0.39, 0.29) is 0 Å². The summed E-state index contributed by atoms with van der Waals surface area (Å²) in [6.45, 7) is 4.69. The standard InChI is InChI=1S/C25H30ClN5/c26-22-12-6-4-8-19(22)18-30-14-16-31(17-15-30)25-28-23-13-7-5-11-21(23)24(29-25)27-20-9-2-1-3-10-20/h4-8,11-13,20H,1-3,9-10,14-18H2,(H,27,28,29). The number of aromatic nitrogens is 2. The van der Waals surface area contributed by atoms with Gasteiger partial charge in [0.2, 0.25) is 5.95 Å². The fourth-order valence-electron chi connectivity index (χ4n) is 4.73. The van der Waals surface area contributed by atoms with Crippen molar-refractivity contribution in [3.8, 4) is 0 Å². The van der Waals surface area contributed by atoms with Gasteiger partial charge in [-0.05, 0) is 36.6 Å². The molecule has 2 heterocycles. The lowest BCUT2D eigenvalue weighted by atomic mass is 9.95. The van der Waals surface area contributed by atoms with Gasteiger partial charge in [0, 0.05) is 49.2 Å². The summed E-state index contributed by atoms with van der Waals surface area (Å²) in [4.78, 5) is 14.7. The molecule has 5 rings (SSSR count). The average molecular weight is 436 g/mol. The van der Waals surface area contributed by atoms with E-state index in [9.17, 15) is 0 Å². The van der Waals surface area contributed by atoms with Crippen molar-refractivity contribution in [2.24, 2.45) is 0 Å². The third-order valence-corrected chi connectivity index (χ3v) is 6.91. The quantitative estimate of drug-likeness (QED) is 0.585. The van der Waals surface area contributed by atoms with Gasteiger partial charge in [-0.3, -0.25) is 4.90 Å². The first-order valence-corrected chi connectivity index (χ1v) is 11.9. The summed E-state index contributed by atoms with van der Waals surface area (Å²) < 4.78 is 0. The molecule has 1 N–H and O–H groups in total. The van der Waals surface area contributed by atoms with Crippen molar-refractivity contribution in [1.29, 1.82) is 0 Å². The Morgan fingerprint density at radius 3 is 2.42 bits per heavy atom. The van der Waals surface area contributed by atoms with Crippen LogP contribution in [0.1, 0.15) is 37.7 Å². The van der Waals surface area contributed by atoms with Gasteiger partial charge in [-0.15, -0.1) is 0 Å². The summed E-state index contributed by atoms with van der Waals surface area (Å²) in [6, 6.07) is 17.0. The molecule has 0 unspecified atom stereocenters. The van der Waals surface area contributed by atoms with Gasteiger partial charge in [-0.2, -0.15) is 4.98 Å². The topological polar surface area (TPSA) is 44.3 Å². The Balaban J connectivity index is 1.31. The Hall–Kier alpha value is -2.37. The van der Waals surface area contributed by atoms with Crippen LogP contribution in [-0.4, -0.2) is 47.1 Å². The maximum Gasteiger partial charge on any atom is 0.227 e. The Bertz CT molecular complexity index is 1030. The van der Waals surface area contributed by atoms with Crippen LogP contribution in [0.15, 0.2) is 48.5 Å². The number of halogens is 1. The van der Waals surface area contributed by atoms with Gasteiger partial charge in [0.1, 0.15) is 5.82 Å². The molecule has 1 saturated carbocycles. The lowest BCUT2D eigenvalue weighted by Crippen LogP contribution is -2.46. The summed E-state index contributed by atoms with van der Waals surface area (Å²) in [6.07, 6.45) is 6.43. The van der Waals surface area contributed by atoms with Crippen LogP contribution in [0.4, 0.5) is 11.8 Å². The molecule has 0 atom stereocenters. The molecule has 3 aromatic rings. The van der Waals surface area contributed by atoms with Crippen LogP contribution in [0, 0.1) is 0 Å². The third-order valence-electron chi connectivity index (χ3n) is 6.54. The fraction of sp³-hybridized carbons (Fsp3) is 0.440. The maximum atomic E-state index is 6.36. The molecule has 1 aromatic heterocycles. The van der Waals surface area contributed by atoms with Crippen LogP contribution >= 0.6 is 11.6 Å². The second kappa shape index (κ2) is 9.41. The molecule has 1 aliphatic carbocycles. The lowest BCUT2D eigenvalue weighted by molar-refractivity contribution is 0.249. The molecule has 1 saturated heterocycles. The van der Waals surface area contributed by atoms with Crippen LogP contribution < -0.4 is 10.2 Å². The largest absolute Gasteiger partial charge is 0.367 e. The molecule has 5 nitrogen and oxygen atoms in total. The van der Waals surface area contributed by atoms with Gasteiger partial charge >= 0.3 is 0 Å². The number of fused-ring (bicyclic) bond motifs is 1. The molecule has 0 spiro atoms. The first-order valence-electron chi connectivity index (χ1n) is 11.5. The van der Waals surface area contributed by atoms with Gasteiger partial charge in [0.25, 0.3) is 0 Å². The summed E-state index contributed by atoms with van der Waals surface area (Å²) in [5.41, 5.74) is 2.21. The van der Waals surface area contributed by atoms with Crippen LogP contribution in [-0.2, 0) is 6.54 Å². The predicted octanol–water partition coefficient (Wildman–Crippen LogP) is 5.35. The normalized spacial score (nSPS) is 18.4. The monoisotopic (exact) mass is 435 g/mol. The summed E-state index contributed by atoms with van der Waals surface area (Å²) >= 11 is 6.36. The molecule has 6 heteroatoms. The molecule has 1 aliphatic heterocycles. The van der Waals surface area contributed by atoms with Crippen molar-refractivity contribution in [3.63, 3.8) is 0 Å². The highest BCUT2D eigenvalue weighted by molar-refractivity contribution is 6.31. The number of hydrogen-bond donors (Lipinski definition) is 1.